The zero-order valence-electron chi connectivity index (χ0n) is 18.4. The van der Waals surface area contributed by atoms with Gasteiger partial charge in [0.05, 0.1) is 17.0 Å². The molecule has 0 atom stereocenters. The smallest absolute Gasteiger partial charge is 0.133 e. The van der Waals surface area contributed by atoms with Gasteiger partial charge in [-0.15, -0.1) is 0 Å². The number of hydrogen-bond donors (Lipinski definition) is 0. The van der Waals surface area contributed by atoms with Crippen LogP contribution in [0.5, 0.6) is 0 Å². The summed E-state index contributed by atoms with van der Waals surface area (Å²) in [6.07, 6.45) is 7.70. The van der Waals surface area contributed by atoms with Crippen molar-refractivity contribution in [3.05, 3.63) is 70.7 Å². The maximum atomic E-state index is 8.64. The van der Waals surface area contributed by atoms with E-state index in [1.54, 1.807) is 12.4 Å². The van der Waals surface area contributed by atoms with Crippen molar-refractivity contribution in [1.82, 2.24) is 19.9 Å². The summed E-state index contributed by atoms with van der Waals surface area (Å²) < 4.78 is 0.922. The molecule has 0 amide bonds. The fourth-order valence-electron chi connectivity index (χ4n) is 2.47. The molecule has 5 nitrogen and oxygen atoms in total. The summed E-state index contributed by atoms with van der Waals surface area (Å²) in [5, 5.41) is 8.64. The van der Waals surface area contributed by atoms with Crippen LogP contribution >= 0.6 is 15.9 Å². The lowest BCUT2D eigenvalue weighted by molar-refractivity contribution is 0.544. The summed E-state index contributed by atoms with van der Waals surface area (Å²) in [6, 6.07) is 10.1. The summed E-state index contributed by atoms with van der Waals surface area (Å²) in [5.41, 5.74) is 3.10. The number of halogens is 1. The van der Waals surface area contributed by atoms with Crippen LogP contribution < -0.4 is 0 Å². The van der Waals surface area contributed by atoms with Crippen LogP contribution in [0.25, 0.3) is 11.1 Å². The van der Waals surface area contributed by atoms with Gasteiger partial charge in [-0.2, -0.15) is 5.26 Å². The van der Waals surface area contributed by atoms with Crippen molar-refractivity contribution >= 4 is 15.9 Å². The highest BCUT2D eigenvalue weighted by molar-refractivity contribution is 9.10. The van der Waals surface area contributed by atoms with Crippen molar-refractivity contribution in [2.75, 3.05) is 0 Å². The van der Waals surface area contributed by atoms with Crippen LogP contribution in [0.1, 0.15) is 58.8 Å². The molecule has 3 aromatic rings. The summed E-state index contributed by atoms with van der Waals surface area (Å²) in [5.74, 6) is 1.72. The normalized spacial score (nSPS) is 11.3. The van der Waals surface area contributed by atoms with Gasteiger partial charge in [-0.3, -0.25) is 0 Å². The molecule has 0 spiro atoms. The molecule has 2 aromatic heterocycles. The first-order chi connectivity index (χ1) is 14.0. The van der Waals surface area contributed by atoms with E-state index in [-0.39, 0.29) is 10.8 Å². The summed E-state index contributed by atoms with van der Waals surface area (Å²) in [7, 11) is 0. The molecule has 0 aliphatic rings. The van der Waals surface area contributed by atoms with Crippen LogP contribution in [0.3, 0.4) is 0 Å². The largest absolute Gasteiger partial charge is 0.240 e. The summed E-state index contributed by atoms with van der Waals surface area (Å²) >= 11 is 3.29. The van der Waals surface area contributed by atoms with Crippen molar-refractivity contribution < 1.29 is 0 Å². The molecule has 0 bridgehead atoms. The van der Waals surface area contributed by atoms with E-state index >= 15 is 0 Å². The van der Waals surface area contributed by atoms with Crippen molar-refractivity contribution in [2.45, 2.75) is 58.8 Å². The molecule has 0 saturated carbocycles. The fourth-order valence-corrected chi connectivity index (χ4v) is 2.68. The van der Waals surface area contributed by atoms with Gasteiger partial charge in [-0.1, -0.05) is 65.8 Å². The van der Waals surface area contributed by atoms with Gasteiger partial charge in [0, 0.05) is 41.2 Å². The molecule has 0 radical (unpaired) electrons. The monoisotopic (exact) mass is 465 g/mol. The maximum Gasteiger partial charge on any atom is 0.133 e. The highest BCUT2D eigenvalue weighted by atomic mass is 79.9. The Kier molecular flexibility index (Phi) is 7.80. The Balaban J connectivity index is 0.000000248. The van der Waals surface area contributed by atoms with E-state index in [0.29, 0.717) is 6.42 Å². The Morgan fingerprint density at radius 3 is 1.57 bits per heavy atom. The first-order valence-electron chi connectivity index (χ1n) is 9.77. The minimum Gasteiger partial charge on any atom is -0.240 e. The zero-order valence-corrected chi connectivity index (χ0v) is 20.0. The molecule has 0 N–H and O–H groups in total. The van der Waals surface area contributed by atoms with E-state index in [0.717, 1.165) is 32.8 Å². The SMILES string of the molecule is CC(C)(C)c1ncc(-c2ccc(CC#N)cc2)cn1.CC(C)(C)c1ncc(Br)cn1. The molecule has 30 heavy (non-hydrogen) atoms. The predicted molar refractivity (Wildman–Crippen MR) is 124 cm³/mol. The fraction of sp³-hybridized carbons (Fsp3) is 0.375. The van der Waals surface area contributed by atoms with Crippen LogP contribution in [0.15, 0.2) is 53.5 Å². The van der Waals surface area contributed by atoms with Gasteiger partial charge in [0.2, 0.25) is 0 Å². The standard InChI is InChI=1S/C16H17N3.C8H11BrN2/c1-16(2,3)15-18-10-14(11-19-15)13-6-4-12(5-7-13)8-9-17;1-8(2,3)7-10-4-6(9)5-11-7/h4-7,10-11H,8H2,1-3H3;4-5H,1-3H3. The van der Waals surface area contributed by atoms with E-state index in [2.05, 4.69) is 83.5 Å². The van der Waals surface area contributed by atoms with Crippen LogP contribution in [-0.4, -0.2) is 19.9 Å². The van der Waals surface area contributed by atoms with Crippen molar-refractivity contribution in [1.29, 1.82) is 5.26 Å². The van der Waals surface area contributed by atoms with Crippen LogP contribution in [0, 0.1) is 11.3 Å². The minimum atomic E-state index is -0.0326. The van der Waals surface area contributed by atoms with Gasteiger partial charge in [0.15, 0.2) is 0 Å². The molecule has 0 aliphatic heterocycles. The second kappa shape index (κ2) is 9.90. The van der Waals surface area contributed by atoms with Crippen LogP contribution in [-0.2, 0) is 17.3 Å². The third kappa shape index (κ3) is 7.00. The average molecular weight is 466 g/mol. The number of benzene rings is 1. The van der Waals surface area contributed by atoms with E-state index in [4.69, 9.17) is 5.26 Å². The van der Waals surface area contributed by atoms with E-state index < -0.39 is 0 Å². The summed E-state index contributed by atoms with van der Waals surface area (Å²) in [4.78, 5) is 17.2. The zero-order chi connectivity index (χ0) is 22.4. The van der Waals surface area contributed by atoms with Crippen LogP contribution in [0.4, 0.5) is 0 Å². The Hall–Kier alpha value is -2.65. The number of nitriles is 1. The van der Waals surface area contributed by atoms with E-state index in [1.807, 2.05) is 36.7 Å². The van der Waals surface area contributed by atoms with Crippen LogP contribution in [0.2, 0.25) is 0 Å². The number of rotatable bonds is 2. The highest BCUT2D eigenvalue weighted by Crippen LogP contribution is 2.22. The first kappa shape index (κ1) is 23.6. The molecule has 0 aliphatic carbocycles. The Morgan fingerprint density at radius 2 is 1.17 bits per heavy atom. The maximum absolute atomic E-state index is 8.64. The molecule has 3 rings (SSSR count). The molecule has 6 heteroatoms. The molecule has 1 aromatic carbocycles. The number of nitrogens with zero attached hydrogens (tertiary/aromatic N) is 5. The molecule has 2 heterocycles. The second-order valence-corrected chi connectivity index (χ2v) is 9.97. The third-order valence-corrected chi connectivity index (χ3v) is 4.59. The van der Waals surface area contributed by atoms with E-state index in [9.17, 15) is 0 Å². The van der Waals surface area contributed by atoms with Gasteiger partial charge in [0.1, 0.15) is 11.6 Å². The molecule has 0 unspecified atom stereocenters. The average Bonchev–Trinajstić information content (AvgIpc) is 2.68. The summed E-state index contributed by atoms with van der Waals surface area (Å²) in [6.45, 7) is 12.6. The quantitative estimate of drug-likeness (QED) is 0.460. The Bertz CT molecular complexity index is 975. The number of hydrogen-bond acceptors (Lipinski definition) is 5. The Morgan fingerprint density at radius 1 is 0.733 bits per heavy atom. The van der Waals surface area contributed by atoms with Crippen molar-refractivity contribution in [2.24, 2.45) is 0 Å². The molecular weight excluding hydrogens is 438 g/mol. The lowest BCUT2D eigenvalue weighted by atomic mass is 9.95. The lowest BCUT2D eigenvalue weighted by Gasteiger charge is -2.16. The lowest BCUT2D eigenvalue weighted by Crippen LogP contribution is -2.15. The second-order valence-electron chi connectivity index (χ2n) is 9.05. The molecule has 0 fully saturated rings. The molecule has 0 saturated heterocycles. The van der Waals surface area contributed by atoms with Gasteiger partial charge in [-0.25, -0.2) is 19.9 Å². The third-order valence-electron chi connectivity index (χ3n) is 4.18. The highest BCUT2D eigenvalue weighted by Gasteiger charge is 2.17. The Labute approximate surface area is 187 Å². The van der Waals surface area contributed by atoms with Gasteiger partial charge in [-0.05, 0) is 27.1 Å². The van der Waals surface area contributed by atoms with Gasteiger partial charge < -0.3 is 0 Å². The minimum absolute atomic E-state index is 0.0326. The van der Waals surface area contributed by atoms with Gasteiger partial charge in [0.25, 0.3) is 0 Å². The topological polar surface area (TPSA) is 75.3 Å². The number of aromatic nitrogens is 4. The molecular formula is C24H28BrN5. The molecule has 156 valence electrons. The first-order valence-corrected chi connectivity index (χ1v) is 10.6. The predicted octanol–water partition coefficient (Wildman–Crippen LogP) is 6.04. The van der Waals surface area contributed by atoms with E-state index in [1.165, 1.54) is 0 Å². The van der Waals surface area contributed by atoms with Gasteiger partial charge >= 0.3 is 0 Å². The van der Waals surface area contributed by atoms with Crippen molar-refractivity contribution in [3.8, 4) is 17.2 Å². The van der Waals surface area contributed by atoms with Crippen molar-refractivity contribution in [3.63, 3.8) is 0 Å².